The average molecular weight is 516 g/mol. The Morgan fingerprint density at radius 2 is 1.93 bits per heavy atom. The topological polar surface area (TPSA) is 63.2 Å². The van der Waals surface area contributed by atoms with Crippen LogP contribution in [-0.4, -0.2) is 93.5 Å². The molecule has 1 aromatic carbocycles. The number of hydrogen-bond acceptors (Lipinski definition) is 4. The molecule has 8 heteroatoms. The van der Waals surface area contributed by atoms with Gasteiger partial charge >= 0.3 is 0 Å². The highest BCUT2D eigenvalue weighted by Gasteiger charge is 2.25. The molecule has 1 fully saturated rings. The second-order valence-corrected chi connectivity index (χ2v) is 7.49. The van der Waals surface area contributed by atoms with Crippen LogP contribution in [0, 0.1) is 0 Å². The van der Waals surface area contributed by atoms with E-state index in [-0.39, 0.29) is 36.4 Å². The van der Waals surface area contributed by atoms with Gasteiger partial charge in [0.2, 0.25) is 5.91 Å². The van der Waals surface area contributed by atoms with Gasteiger partial charge in [0.1, 0.15) is 6.54 Å². The third-order valence-corrected chi connectivity index (χ3v) is 5.01. The molecule has 1 aliphatic rings. The van der Waals surface area contributed by atoms with Crippen LogP contribution in [0.15, 0.2) is 35.3 Å². The summed E-state index contributed by atoms with van der Waals surface area (Å²) < 4.78 is 0. The molecule has 1 unspecified atom stereocenters. The maximum atomic E-state index is 11.7. The Bertz CT molecular complexity index is 625. The monoisotopic (exact) mass is 516 g/mol. The van der Waals surface area contributed by atoms with Gasteiger partial charge < -0.3 is 20.4 Å². The number of benzene rings is 1. The van der Waals surface area contributed by atoms with Gasteiger partial charge in [-0.1, -0.05) is 30.3 Å². The molecule has 164 valence electrons. The zero-order chi connectivity index (χ0) is 20.4. The molecule has 1 amide bonds. The van der Waals surface area contributed by atoms with E-state index in [9.17, 15) is 4.79 Å². The first-order valence-corrected chi connectivity index (χ1v) is 10.2. The fourth-order valence-corrected chi connectivity index (χ4v) is 3.33. The van der Waals surface area contributed by atoms with Gasteiger partial charge in [-0.3, -0.25) is 9.69 Å². The summed E-state index contributed by atoms with van der Waals surface area (Å²) >= 11 is 0. The predicted molar refractivity (Wildman–Crippen MR) is 131 cm³/mol. The highest BCUT2D eigenvalue weighted by molar-refractivity contribution is 14.0. The van der Waals surface area contributed by atoms with E-state index in [2.05, 4.69) is 62.8 Å². The SMILES string of the molecule is CCNC(=NCC(=O)N(C)C)NCCCN1CCN(C)CC1c1ccccc1.I. The smallest absolute Gasteiger partial charge is 0.243 e. The van der Waals surface area contributed by atoms with Crippen LogP contribution in [0.5, 0.6) is 0 Å². The summed E-state index contributed by atoms with van der Waals surface area (Å²) in [6.07, 6.45) is 1.03. The van der Waals surface area contributed by atoms with Gasteiger partial charge in [0.25, 0.3) is 0 Å². The normalized spacial score (nSPS) is 18.1. The summed E-state index contributed by atoms with van der Waals surface area (Å²) in [6.45, 7) is 8.09. The van der Waals surface area contributed by atoms with Crippen LogP contribution in [0.25, 0.3) is 0 Å². The zero-order valence-electron chi connectivity index (χ0n) is 18.2. The summed E-state index contributed by atoms with van der Waals surface area (Å²) in [5.41, 5.74) is 1.39. The fraction of sp³-hybridized carbons (Fsp3) is 0.619. The van der Waals surface area contributed by atoms with Gasteiger partial charge in [-0.05, 0) is 26.0 Å². The predicted octanol–water partition coefficient (Wildman–Crippen LogP) is 1.63. The number of guanidine groups is 1. The number of piperazine rings is 1. The minimum absolute atomic E-state index is 0. The maximum absolute atomic E-state index is 11.7. The summed E-state index contributed by atoms with van der Waals surface area (Å²) in [7, 11) is 5.69. The third kappa shape index (κ3) is 8.88. The molecule has 2 N–H and O–H groups in total. The first-order valence-electron chi connectivity index (χ1n) is 10.2. The number of rotatable bonds is 8. The Balaban J connectivity index is 0.00000420. The van der Waals surface area contributed by atoms with Crippen LogP contribution in [0.4, 0.5) is 0 Å². The first-order chi connectivity index (χ1) is 13.5. The molecule has 2 rings (SSSR count). The van der Waals surface area contributed by atoms with Crippen LogP contribution >= 0.6 is 24.0 Å². The highest BCUT2D eigenvalue weighted by Crippen LogP contribution is 2.24. The molecule has 1 aromatic rings. The third-order valence-electron chi connectivity index (χ3n) is 5.01. The van der Waals surface area contributed by atoms with Crippen molar-refractivity contribution in [1.82, 2.24) is 25.3 Å². The van der Waals surface area contributed by atoms with E-state index in [4.69, 9.17) is 0 Å². The van der Waals surface area contributed by atoms with Crippen molar-refractivity contribution in [3.63, 3.8) is 0 Å². The molecule has 0 radical (unpaired) electrons. The van der Waals surface area contributed by atoms with E-state index in [1.54, 1.807) is 19.0 Å². The quantitative estimate of drug-likeness (QED) is 0.238. The zero-order valence-corrected chi connectivity index (χ0v) is 20.6. The molecular formula is C21H37IN6O. The number of likely N-dealkylation sites (N-methyl/N-ethyl adjacent to an activating group) is 2. The largest absolute Gasteiger partial charge is 0.357 e. The molecule has 1 aliphatic heterocycles. The first kappa shape index (κ1) is 25.6. The molecule has 7 nitrogen and oxygen atoms in total. The Labute approximate surface area is 192 Å². The molecule has 0 aliphatic carbocycles. The molecule has 0 spiro atoms. The van der Waals surface area contributed by atoms with Gasteiger partial charge in [0, 0.05) is 59.4 Å². The van der Waals surface area contributed by atoms with E-state index in [0.29, 0.717) is 12.0 Å². The Morgan fingerprint density at radius 3 is 2.59 bits per heavy atom. The standard InChI is InChI=1S/C21H36N6O.HI/c1-5-22-21(24-16-20(28)25(2)3)23-12-9-13-27-15-14-26(4)17-19(27)18-10-7-6-8-11-18;/h6-8,10-11,19H,5,9,12-17H2,1-4H3,(H2,22,23,24);1H. The number of aliphatic imine (C=N–C) groups is 1. The Kier molecular flexibility index (Phi) is 12.2. The minimum atomic E-state index is 0. The van der Waals surface area contributed by atoms with E-state index < -0.39 is 0 Å². The number of halogens is 1. The van der Waals surface area contributed by atoms with Crippen LogP contribution in [0.3, 0.4) is 0 Å². The van der Waals surface area contributed by atoms with Gasteiger partial charge in [-0.15, -0.1) is 24.0 Å². The van der Waals surface area contributed by atoms with Crippen molar-refractivity contribution in [3.05, 3.63) is 35.9 Å². The van der Waals surface area contributed by atoms with Crippen LogP contribution in [-0.2, 0) is 4.79 Å². The fourth-order valence-electron chi connectivity index (χ4n) is 3.33. The molecule has 0 saturated carbocycles. The van der Waals surface area contributed by atoms with Crippen molar-refractivity contribution >= 4 is 35.8 Å². The van der Waals surface area contributed by atoms with Gasteiger partial charge in [-0.2, -0.15) is 0 Å². The van der Waals surface area contributed by atoms with E-state index in [1.165, 1.54) is 5.56 Å². The maximum Gasteiger partial charge on any atom is 0.243 e. The van der Waals surface area contributed by atoms with Gasteiger partial charge in [0.15, 0.2) is 5.96 Å². The van der Waals surface area contributed by atoms with Crippen molar-refractivity contribution < 1.29 is 4.79 Å². The second kappa shape index (κ2) is 13.8. The molecular weight excluding hydrogens is 479 g/mol. The highest BCUT2D eigenvalue weighted by atomic mass is 127. The summed E-state index contributed by atoms with van der Waals surface area (Å²) in [4.78, 5) is 22.7. The van der Waals surface area contributed by atoms with Crippen molar-refractivity contribution in [2.24, 2.45) is 4.99 Å². The lowest BCUT2D eigenvalue weighted by atomic mass is 10.0. The second-order valence-electron chi connectivity index (χ2n) is 7.49. The molecule has 0 aromatic heterocycles. The Hall–Kier alpha value is -1.39. The van der Waals surface area contributed by atoms with Crippen LogP contribution in [0.1, 0.15) is 24.9 Å². The summed E-state index contributed by atoms with van der Waals surface area (Å²) in [5, 5.41) is 6.55. The molecule has 29 heavy (non-hydrogen) atoms. The van der Waals surface area contributed by atoms with E-state index in [1.807, 2.05) is 6.92 Å². The van der Waals surface area contributed by atoms with E-state index in [0.717, 1.165) is 45.7 Å². The summed E-state index contributed by atoms with van der Waals surface area (Å²) in [5.74, 6) is 0.705. The number of carbonyl (C=O) groups is 1. The van der Waals surface area contributed by atoms with Gasteiger partial charge in [0.05, 0.1) is 0 Å². The molecule has 1 atom stereocenters. The van der Waals surface area contributed by atoms with Crippen molar-refractivity contribution in [2.45, 2.75) is 19.4 Å². The number of carbonyl (C=O) groups excluding carboxylic acids is 1. The molecule has 1 saturated heterocycles. The van der Waals surface area contributed by atoms with Crippen LogP contribution < -0.4 is 10.6 Å². The lowest BCUT2D eigenvalue weighted by Crippen LogP contribution is -2.47. The lowest BCUT2D eigenvalue weighted by Gasteiger charge is -2.40. The average Bonchev–Trinajstić information content (AvgIpc) is 2.70. The Morgan fingerprint density at radius 1 is 1.21 bits per heavy atom. The van der Waals surface area contributed by atoms with Gasteiger partial charge in [-0.25, -0.2) is 4.99 Å². The minimum Gasteiger partial charge on any atom is -0.357 e. The summed E-state index contributed by atoms with van der Waals surface area (Å²) in [6, 6.07) is 11.2. The number of amides is 1. The van der Waals surface area contributed by atoms with Crippen molar-refractivity contribution in [2.75, 3.05) is 67.0 Å². The molecule has 1 heterocycles. The van der Waals surface area contributed by atoms with Crippen molar-refractivity contribution in [1.29, 1.82) is 0 Å². The number of nitrogens with one attached hydrogen (secondary N) is 2. The lowest BCUT2D eigenvalue weighted by molar-refractivity contribution is -0.127. The number of hydrogen-bond donors (Lipinski definition) is 2. The number of nitrogens with zero attached hydrogens (tertiary/aromatic N) is 4. The van der Waals surface area contributed by atoms with E-state index >= 15 is 0 Å². The molecule has 0 bridgehead atoms. The van der Waals surface area contributed by atoms with Crippen molar-refractivity contribution in [3.8, 4) is 0 Å². The van der Waals surface area contributed by atoms with Crippen LogP contribution in [0.2, 0.25) is 0 Å².